The van der Waals surface area contributed by atoms with E-state index in [4.69, 9.17) is 5.26 Å². The van der Waals surface area contributed by atoms with E-state index in [2.05, 4.69) is 18.3 Å². The van der Waals surface area contributed by atoms with Crippen molar-refractivity contribution in [1.29, 1.82) is 5.26 Å². The van der Waals surface area contributed by atoms with Gasteiger partial charge in [-0.2, -0.15) is 5.26 Å². The molecule has 0 heterocycles. The molecule has 106 valence electrons. The highest BCUT2D eigenvalue weighted by Crippen LogP contribution is 2.28. The lowest BCUT2D eigenvalue weighted by Gasteiger charge is -2.21. The Morgan fingerprint density at radius 3 is 2.65 bits per heavy atom. The van der Waals surface area contributed by atoms with Crippen LogP contribution in [0.25, 0.3) is 0 Å². The minimum Gasteiger partial charge on any atom is -0.385 e. The van der Waals surface area contributed by atoms with E-state index in [9.17, 15) is 4.79 Å². The average Bonchev–Trinajstić information content (AvgIpc) is 3.30. The Morgan fingerprint density at radius 1 is 1.40 bits per heavy atom. The molecule has 4 heteroatoms. The highest BCUT2D eigenvalue weighted by Gasteiger charge is 2.32. The van der Waals surface area contributed by atoms with E-state index in [1.807, 2.05) is 29.2 Å². The van der Waals surface area contributed by atoms with E-state index in [1.54, 1.807) is 0 Å². The molecule has 0 bridgehead atoms. The van der Waals surface area contributed by atoms with E-state index >= 15 is 0 Å². The molecular weight excluding hydrogens is 250 g/mol. The summed E-state index contributed by atoms with van der Waals surface area (Å²) in [6.45, 7) is 3.59. The zero-order chi connectivity index (χ0) is 14.4. The fourth-order valence-corrected chi connectivity index (χ4v) is 2.17. The molecule has 0 saturated heterocycles. The summed E-state index contributed by atoms with van der Waals surface area (Å²) in [6.07, 6.45) is 3.60. The van der Waals surface area contributed by atoms with Crippen LogP contribution in [0.3, 0.4) is 0 Å². The van der Waals surface area contributed by atoms with Crippen LogP contribution in [0.2, 0.25) is 0 Å². The van der Waals surface area contributed by atoms with E-state index in [0.29, 0.717) is 24.6 Å². The molecule has 1 amide bonds. The quantitative estimate of drug-likeness (QED) is 0.829. The van der Waals surface area contributed by atoms with Crippen molar-refractivity contribution in [2.45, 2.75) is 38.6 Å². The Morgan fingerprint density at radius 2 is 2.10 bits per heavy atom. The van der Waals surface area contributed by atoms with Crippen LogP contribution in [-0.4, -0.2) is 29.9 Å². The van der Waals surface area contributed by atoms with Gasteiger partial charge in [-0.05, 0) is 43.5 Å². The molecule has 1 aromatic rings. The predicted molar refractivity (Wildman–Crippen MR) is 79.5 cm³/mol. The monoisotopic (exact) mass is 271 g/mol. The first-order chi connectivity index (χ1) is 9.76. The van der Waals surface area contributed by atoms with Crippen LogP contribution in [0.15, 0.2) is 24.3 Å². The zero-order valence-corrected chi connectivity index (χ0v) is 11.9. The average molecular weight is 271 g/mol. The largest absolute Gasteiger partial charge is 0.385 e. The number of benzene rings is 1. The van der Waals surface area contributed by atoms with Crippen molar-refractivity contribution in [3.8, 4) is 6.07 Å². The molecule has 1 N–H and O–H groups in total. The summed E-state index contributed by atoms with van der Waals surface area (Å²) in [6, 6.07) is 10.1. The Labute approximate surface area is 120 Å². The second kappa shape index (κ2) is 6.95. The summed E-state index contributed by atoms with van der Waals surface area (Å²) in [7, 11) is 0. The van der Waals surface area contributed by atoms with E-state index < -0.39 is 0 Å². The second-order valence-corrected chi connectivity index (χ2v) is 5.14. The fraction of sp³-hybridized carbons (Fsp3) is 0.500. The maximum atomic E-state index is 12.5. The number of hydrogen-bond donors (Lipinski definition) is 1. The summed E-state index contributed by atoms with van der Waals surface area (Å²) < 4.78 is 0. The van der Waals surface area contributed by atoms with Crippen LogP contribution < -0.4 is 5.32 Å². The highest BCUT2D eigenvalue weighted by atomic mass is 16.2. The number of carbonyl (C=O) groups is 1. The molecule has 1 aliphatic rings. The molecular formula is C16H21N3O. The summed E-state index contributed by atoms with van der Waals surface area (Å²) in [4.78, 5) is 14.3. The molecule has 1 aromatic carbocycles. The number of hydrogen-bond acceptors (Lipinski definition) is 3. The third kappa shape index (κ3) is 3.74. The maximum Gasteiger partial charge on any atom is 0.254 e. The van der Waals surface area contributed by atoms with Crippen LogP contribution in [-0.2, 0) is 0 Å². The smallest absolute Gasteiger partial charge is 0.254 e. The first kappa shape index (κ1) is 14.4. The van der Waals surface area contributed by atoms with Crippen molar-refractivity contribution in [3.63, 3.8) is 0 Å². The van der Waals surface area contributed by atoms with Crippen LogP contribution in [0.5, 0.6) is 0 Å². The third-order valence-corrected chi connectivity index (χ3v) is 3.42. The van der Waals surface area contributed by atoms with Gasteiger partial charge in [-0.15, -0.1) is 0 Å². The van der Waals surface area contributed by atoms with Gasteiger partial charge in [0.2, 0.25) is 0 Å². The van der Waals surface area contributed by atoms with Gasteiger partial charge in [0.25, 0.3) is 5.91 Å². The van der Waals surface area contributed by atoms with Gasteiger partial charge in [0.15, 0.2) is 0 Å². The lowest BCUT2D eigenvalue weighted by atomic mass is 10.1. The van der Waals surface area contributed by atoms with Gasteiger partial charge in [-0.25, -0.2) is 0 Å². The minimum atomic E-state index is 0.0461. The van der Waals surface area contributed by atoms with Crippen molar-refractivity contribution in [2.24, 2.45) is 0 Å². The predicted octanol–water partition coefficient (Wildman–Crippen LogP) is 3.03. The Hall–Kier alpha value is -2.02. The molecule has 1 aliphatic carbocycles. The first-order valence-electron chi connectivity index (χ1n) is 7.28. The molecule has 0 atom stereocenters. The van der Waals surface area contributed by atoms with Crippen molar-refractivity contribution in [2.75, 3.05) is 18.4 Å². The summed E-state index contributed by atoms with van der Waals surface area (Å²) in [5.41, 5.74) is 1.75. The first-order valence-corrected chi connectivity index (χ1v) is 7.28. The van der Waals surface area contributed by atoms with Gasteiger partial charge in [0.05, 0.1) is 12.5 Å². The van der Waals surface area contributed by atoms with E-state index in [-0.39, 0.29) is 5.91 Å². The fourth-order valence-electron chi connectivity index (χ4n) is 2.17. The number of anilines is 1. The molecule has 0 radical (unpaired) electrons. The molecule has 0 aromatic heterocycles. The number of carbonyl (C=O) groups excluding carboxylic acids is 1. The molecule has 0 unspecified atom stereocenters. The number of nitrogens with one attached hydrogen (secondary N) is 1. The van der Waals surface area contributed by atoms with Crippen LogP contribution >= 0.6 is 0 Å². The van der Waals surface area contributed by atoms with Crippen LogP contribution in [0.4, 0.5) is 5.69 Å². The number of rotatable bonds is 7. The molecule has 1 saturated carbocycles. The van der Waals surface area contributed by atoms with Gasteiger partial charge < -0.3 is 10.2 Å². The summed E-state index contributed by atoms with van der Waals surface area (Å²) >= 11 is 0. The third-order valence-electron chi connectivity index (χ3n) is 3.42. The van der Waals surface area contributed by atoms with Crippen molar-refractivity contribution in [1.82, 2.24) is 4.90 Å². The lowest BCUT2D eigenvalue weighted by Crippen LogP contribution is -2.33. The van der Waals surface area contributed by atoms with E-state index in [0.717, 1.165) is 31.5 Å². The van der Waals surface area contributed by atoms with E-state index in [1.165, 1.54) is 0 Å². The van der Waals surface area contributed by atoms with Crippen LogP contribution in [0, 0.1) is 11.3 Å². The zero-order valence-electron chi connectivity index (χ0n) is 11.9. The van der Waals surface area contributed by atoms with Gasteiger partial charge >= 0.3 is 0 Å². The number of nitriles is 1. The van der Waals surface area contributed by atoms with Crippen molar-refractivity contribution >= 4 is 11.6 Å². The summed E-state index contributed by atoms with van der Waals surface area (Å²) in [5.74, 6) is 0.0461. The second-order valence-electron chi connectivity index (χ2n) is 5.14. The maximum absolute atomic E-state index is 12.5. The topological polar surface area (TPSA) is 56.1 Å². The van der Waals surface area contributed by atoms with Gasteiger partial charge in [-0.1, -0.05) is 6.92 Å². The van der Waals surface area contributed by atoms with Gasteiger partial charge in [-0.3, -0.25) is 4.79 Å². The lowest BCUT2D eigenvalue weighted by molar-refractivity contribution is 0.0747. The van der Waals surface area contributed by atoms with Gasteiger partial charge in [0.1, 0.15) is 0 Å². The highest BCUT2D eigenvalue weighted by molar-refractivity contribution is 5.95. The normalized spacial score (nSPS) is 13.6. The SMILES string of the molecule is CCCNc1ccc(C(=O)N(CCC#N)C2CC2)cc1. The number of nitrogens with zero attached hydrogens (tertiary/aromatic N) is 2. The Balaban J connectivity index is 2.01. The standard InChI is InChI=1S/C16H21N3O/c1-2-11-18-14-6-4-13(5-7-14)16(20)19(12-3-10-17)15-8-9-15/h4-7,15,18H,2-3,8-9,11-12H2,1H3. The molecule has 20 heavy (non-hydrogen) atoms. The van der Waals surface area contributed by atoms with Gasteiger partial charge in [0, 0.05) is 30.4 Å². The Kier molecular flexibility index (Phi) is 5.00. The summed E-state index contributed by atoms with van der Waals surface area (Å²) in [5, 5.41) is 12.0. The minimum absolute atomic E-state index is 0.0461. The molecule has 2 rings (SSSR count). The molecule has 0 spiro atoms. The molecule has 1 fully saturated rings. The molecule has 0 aliphatic heterocycles. The number of amides is 1. The Bertz CT molecular complexity index is 485. The van der Waals surface area contributed by atoms with Crippen molar-refractivity contribution < 1.29 is 4.79 Å². The van der Waals surface area contributed by atoms with Crippen molar-refractivity contribution in [3.05, 3.63) is 29.8 Å². The van der Waals surface area contributed by atoms with Crippen LogP contribution in [0.1, 0.15) is 43.0 Å². The molecule has 4 nitrogen and oxygen atoms in total.